The molecule has 0 aromatic carbocycles. The Morgan fingerprint density at radius 2 is 2.12 bits per heavy atom. The maximum atomic E-state index is 5.82. The van der Waals surface area contributed by atoms with Crippen molar-refractivity contribution in [3.8, 4) is 0 Å². The highest BCUT2D eigenvalue weighted by Gasteiger charge is 2.44. The molecule has 1 aromatic heterocycles. The van der Waals surface area contributed by atoms with Crippen molar-refractivity contribution in [1.29, 1.82) is 0 Å². The van der Waals surface area contributed by atoms with E-state index < -0.39 is 0 Å². The summed E-state index contributed by atoms with van der Waals surface area (Å²) in [4.78, 5) is 2.32. The average Bonchev–Trinajstić information content (AvgIpc) is 2.91. The molecule has 1 fully saturated rings. The van der Waals surface area contributed by atoms with Crippen molar-refractivity contribution in [1.82, 2.24) is 20.1 Å². The van der Waals surface area contributed by atoms with Gasteiger partial charge in [-0.3, -0.25) is 10.5 Å². The van der Waals surface area contributed by atoms with Gasteiger partial charge in [0.25, 0.3) is 0 Å². The number of aryl methyl sites for hydroxylation is 1. The fourth-order valence-corrected chi connectivity index (χ4v) is 3.16. The fourth-order valence-electron chi connectivity index (χ4n) is 3.16. The third-order valence-corrected chi connectivity index (χ3v) is 4.22. The molecule has 0 spiro atoms. The SMILES string of the molecule is CN(C)C1(C(NN)c2ccnn2C)CCCC1. The molecular formula is C12H23N5. The van der Waals surface area contributed by atoms with Gasteiger partial charge in [0.15, 0.2) is 0 Å². The molecule has 1 saturated carbocycles. The zero-order valence-electron chi connectivity index (χ0n) is 11.0. The quantitative estimate of drug-likeness (QED) is 0.601. The van der Waals surface area contributed by atoms with Crippen LogP contribution in [0.5, 0.6) is 0 Å². The fraction of sp³-hybridized carbons (Fsp3) is 0.750. The van der Waals surface area contributed by atoms with Crippen LogP contribution in [0.4, 0.5) is 0 Å². The maximum Gasteiger partial charge on any atom is 0.0812 e. The highest BCUT2D eigenvalue weighted by atomic mass is 15.3. The summed E-state index contributed by atoms with van der Waals surface area (Å²) in [6, 6.07) is 2.18. The largest absolute Gasteiger partial charge is 0.302 e. The van der Waals surface area contributed by atoms with E-state index in [1.807, 2.05) is 24.0 Å². The lowest BCUT2D eigenvalue weighted by Crippen LogP contribution is -2.54. The maximum absolute atomic E-state index is 5.82. The summed E-state index contributed by atoms with van der Waals surface area (Å²) in [5.41, 5.74) is 4.28. The second-order valence-corrected chi connectivity index (χ2v) is 5.18. The molecule has 96 valence electrons. The molecule has 5 nitrogen and oxygen atoms in total. The average molecular weight is 237 g/mol. The van der Waals surface area contributed by atoms with Crippen molar-refractivity contribution in [3.63, 3.8) is 0 Å². The molecule has 1 unspecified atom stereocenters. The third kappa shape index (κ3) is 1.99. The Balaban J connectivity index is 2.37. The van der Waals surface area contributed by atoms with Crippen LogP contribution >= 0.6 is 0 Å². The molecule has 2 rings (SSSR count). The molecular weight excluding hydrogens is 214 g/mol. The molecule has 1 atom stereocenters. The highest BCUT2D eigenvalue weighted by Crippen LogP contribution is 2.42. The van der Waals surface area contributed by atoms with Gasteiger partial charge in [-0.05, 0) is 33.0 Å². The lowest BCUT2D eigenvalue weighted by molar-refractivity contribution is 0.101. The minimum atomic E-state index is 0.114. The number of nitrogens with zero attached hydrogens (tertiary/aromatic N) is 3. The van der Waals surface area contributed by atoms with Crippen molar-refractivity contribution in [2.75, 3.05) is 14.1 Å². The topological polar surface area (TPSA) is 59.1 Å². The number of nitrogens with one attached hydrogen (secondary N) is 1. The number of rotatable bonds is 4. The first-order valence-electron chi connectivity index (χ1n) is 6.23. The summed E-state index contributed by atoms with van der Waals surface area (Å²) in [6.07, 6.45) is 6.74. The van der Waals surface area contributed by atoms with Crippen LogP contribution in [-0.2, 0) is 7.05 Å². The zero-order valence-corrected chi connectivity index (χ0v) is 11.0. The number of nitrogens with two attached hydrogens (primary N) is 1. The summed E-state index contributed by atoms with van der Waals surface area (Å²) >= 11 is 0. The van der Waals surface area contributed by atoms with E-state index in [1.54, 1.807) is 0 Å². The lowest BCUT2D eigenvalue weighted by atomic mass is 9.85. The Kier molecular flexibility index (Phi) is 3.51. The molecule has 0 radical (unpaired) electrons. The molecule has 1 aliphatic rings. The van der Waals surface area contributed by atoms with E-state index in [9.17, 15) is 0 Å². The Morgan fingerprint density at radius 1 is 1.47 bits per heavy atom. The van der Waals surface area contributed by atoms with E-state index in [2.05, 4.69) is 29.5 Å². The van der Waals surface area contributed by atoms with Gasteiger partial charge in [0.2, 0.25) is 0 Å². The molecule has 17 heavy (non-hydrogen) atoms. The van der Waals surface area contributed by atoms with Gasteiger partial charge in [-0.2, -0.15) is 5.10 Å². The second-order valence-electron chi connectivity index (χ2n) is 5.18. The standard InChI is InChI=1S/C12H23N5/c1-16(2)12(7-4-5-8-12)11(15-13)10-6-9-14-17(10)3/h6,9,11,15H,4-5,7-8,13H2,1-3H3. The van der Waals surface area contributed by atoms with Crippen LogP contribution in [0.25, 0.3) is 0 Å². The molecule has 5 heteroatoms. The number of hydrogen-bond donors (Lipinski definition) is 2. The van der Waals surface area contributed by atoms with E-state index in [4.69, 9.17) is 5.84 Å². The van der Waals surface area contributed by atoms with E-state index in [1.165, 1.54) is 25.7 Å². The molecule has 0 saturated heterocycles. The van der Waals surface area contributed by atoms with Crippen LogP contribution in [0.15, 0.2) is 12.3 Å². The van der Waals surface area contributed by atoms with Gasteiger partial charge in [-0.25, -0.2) is 5.43 Å². The Labute approximate surface area is 103 Å². The predicted octanol–water partition coefficient (Wildman–Crippen LogP) is 0.799. The molecule has 1 aliphatic carbocycles. The Bertz CT molecular complexity index is 365. The van der Waals surface area contributed by atoms with Crippen molar-refractivity contribution >= 4 is 0 Å². The van der Waals surface area contributed by atoms with E-state index >= 15 is 0 Å². The van der Waals surface area contributed by atoms with E-state index in [-0.39, 0.29) is 11.6 Å². The van der Waals surface area contributed by atoms with Crippen molar-refractivity contribution in [2.45, 2.75) is 37.3 Å². The van der Waals surface area contributed by atoms with Gasteiger partial charge >= 0.3 is 0 Å². The van der Waals surface area contributed by atoms with Crippen LogP contribution in [-0.4, -0.2) is 34.3 Å². The molecule has 0 aliphatic heterocycles. The van der Waals surface area contributed by atoms with Crippen molar-refractivity contribution < 1.29 is 0 Å². The third-order valence-electron chi connectivity index (χ3n) is 4.22. The number of aromatic nitrogens is 2. The first kappa shape index (κ1) is 12.5. The Morgan fingerprint density at radius 3 is 2.53 bits per heavy atom. The van der Waals surface area contributed by atoms with Gasteiger partial charge in [0.1, 0.15) is 0 Å². The van der Waals surface area contributed by atoms with Gasteiger partial charge in [0, 0.05) is 18.8 Å². The highest BCUT2D eigenvalue weighted by molar-refractivity contribution is 5.16. The first-order valence-corrected chi connectivity index (χ1v) is 6.23. The molecule has 0 bridgehead atoms. The van der Waals surface area contributed by atoms with E-state index in [0.29, 0.717) is 0 Å². The van der Waals surface area contributed by atoms with Crippen molar-refractivity contribution in [3.05, 3.63) is 18.0 Å². The van der Waals surface area contributed by atoms with Crippen molar-refractivity contribution in [2.24, 2.45) is 12.9 Å². The van der Waals surface area contributed by atoms with Gasteiger partial charge < -0.3 is 4.90 Å². The summed E-state index contributed by atoms with van der Waals surface area (Å²) in [5.74, 6) is 5.82. The normalized spacial score (nSPS) is 21.0. The van der Waals surface area contributed by atoms with Gasteiger partial charge in [-0.1, -0.05) is 12.8 Å². The van der Waals surface area contributed by atoms with Crippen LogP contribution in [0, 0.1) is 0 Å². The monoisotopic (exact) mass is 237 g/mol. The first-order chi connectivity index (χ1) is 8.12. The predicted molar refractivity (Wildman–Crippen MR) is 68.2 cm³/mol. The summed E-state index contributed by atoms with van der Waals surface area (Å²) in [7, 11) is 6.26. The molecule has 0 amide bonds. The van der Waals surface area contributed by atoms with E-state index in [0.717, 1.165) is 5.69 Å². The van der Waals surface area contributed by atoms with Crippen LogP contribution in [0.3, 0.4) is 0 Å². The van der Waals surface area contributed by atoms with Crippen LogP contribution < -0.4 is 11.3 Å². The summed E-state index contributed by atoms with van der Waals surface area (Å²) in [6.45, 7) is 0. The smallest absolute Gasteiger partial charge is 0.0812 e. The number of hydrazine groups is 1. The Hall–Kier alpha value is -0.910. The minimum absolute atomic E-state index is 0.114. The molecule has 3 N–H and O–H groups in total. The minimum Gasteiger partial charge on any atom is -0.302 e. The molecule has 1 aromatic rings. The number of hydrogen-bond acceptors (Lipinski definition) is 4. The van der Waals surface area contributed by atoms with Crippen LogP contribution in [0.2, 0.25) is 0 Å². The van der Waals surface area contributed by atoms with Gasteiger partial charge in [0.05, 0.1) is 11.7 Å². The summed E-state index contributed by atoms with van der Waals surface area (Å²) < 4.78 is 1.91. The lowest BCUT2D eigenvalue weighted by Gasteiger charge is -2.42. The number of likely N-dealkylation sites (N-methyl/N-ethyl adjacent to an activating group) is 1. The van der Waals surface area contributed by atoms with Gasteiger partial charge in [-0.15, -0.1) is 0 Å². The molecule has 1 heterocycles. The summed E-state index contributed by atoms with van der Waals surface area (Å²) in [5, 5.41) is 4.25. The zero-order chi connectivity index (χ0) is 12.5. The second kappa shape index (κ2) is 4.76. The van der Waals surface area contributed by atoms with Crippen LogP contribution in [0.1, 0.15) is 37.4 Å².